The molecule has 0 bridgehead atoms. The molecular weight excluding hydrogens is 241 g/mol. The summed E-state index contributed by atoms with van der Waals surface area (Å²) in [6.07, 6.45) is 2.02. The number of nitrogens with one attached hydrogen (secondary N) is 1. The molecule has 1 N–H and O–H groups in total. The van der Waals surface area contributed by atoms with Crippen LogP contribution < -0.4 is 5.32 Å². The number of halogens is 1. The fourth-order valence-electron chi connectivity index (χ4n) is 2.04. The Morgan fingerprint density at radius 3 is 2.74 bits per heavy atom. The third-order valence-corrected chi connectivity index (χ3v) is 2.85. The Bertz CT molecular complexity index is 546. The van der Waals surface area contributed by atoms with Crippen molar-refractivity contribution < 1.29 is 4.39 Å². The van der Waals surface area contributed by atoms with Crippen molar-refractivity contribution >= 4 is 5.95 Å². The van der Waals surface area contributed by atoms with E-state index >= 15 is 0 Å². The first-order chi connectivity index (χ1) is 9.06. The molecule has 2 aromatic rings. The molecule has 0 saturated carbocycles. The van der Waals surface area contributed by atoms with Gasteiger partial charge in [0.2, 0.25) is 5.95 Å². The Kier molecular flexibility index (Phi) is 4.20. The van der Waals surface area contributed by atoms with Gasteiger partial charge < -0.3 is 9.88 Å². The maximum Gasteiger partial charge on any atom is 0.203 e. The number of imidazole rings is 1. The van der Waals surface area contributed by atoms with Gasteiger partial charge in [0.1, 0.15) is 5.82 Å². The summed E-state index contributed by atoms with van der Waals surface area (Å²) in [4.78, 5) is 4.44. The molecule has 1 aromatic carbocycles. The molecule has 2 rings (SSSR count). The molecule has 1 aromatic heterocycles. The molecule has 0 fully saturated rings. The van der Waals surface area contributed by atoms with Crippen molar-refractivity contribution in [3.8, 4) is 0 Å². The minimum atomic E-state index is -0.186. The van der Waals surface area contributed by atoms with Crippen LogP contribution >= 0.6 is 0 Å². The fraction of sp³-hybridized carbons (Fsp3) is 0.400. The summed E-state index contributed by atoms with van der Waals surface area (Å²) in [6, 6.07) is 6.79. The highest BCUT2D eigenvalue weighted by Gasteiger charge is 2.08. The first-order valence-electron chi connectivity index (χ1n) is 6.57. The molecule has 102 valence electrons. The van der Waals surface area contributed by atoms with Gasteiger partial charge in [-0.3, -0.25) is 0 Å². The lowest BCUT2D eigenvalue weighted by molar-refractivity contribution is 0.525. The highest BCUT2D eigenvalue weighted by molar-refractivity contribution is 5.31. The number of benzene rings is 1. The molecule has 3 nitrogen and oxygen atoms in total. The van der Waals surface area contributed by atoms with Crippen LogP contribution in [0.4, 0.5) is 10.3 Å². The number of rotatable bonds is 5. The summed E-state index contributed by atoms with van der Waals surface area (Å²) in [6.45, 7) is 7.64. The quantitative estimate of drug-likeness (QED) is 0.891. The van der Waals surface area contributed by atoms with Crippen molar-refractivity contribution in [3.05, 3.63) is 47.5 Å². The Labute approximate surface area is 113 Å². The van der Waals surface area contributed by atoms with E-state index in [-0.39, 0.29) is 5.82 Å². The molecule has 0 aliphatic rings. The smallest absolute Gasteiger partial charge is 0.203 e. The van der Waals surface area contributed by atoms with Crippen molar-refractivity contribution in [2.24, 2.45) is 5.92 Å². The van der Waals surface area contributed by atoms with Crippen LogP contribution in [0.25, 0.3) is 0 Å². The predicted octanol–water partition coefficient (Wildman–Crippen LogP) is 3.60. The Morgan fingerprint density at radius 2 is 2.05 bits per heavy atom. The van der Waals surface area contributed by atoms with E-state index < -0.39 is 0 Å². The van der Waals surface area contributed by atoms with Gasteiger partial charge in [-0.25, -0.2) is 9.37 Å². The second kappa shape index (κ2) is 5.87. The van der Waals surface area contributed by atoms with Crippen LogP contribution in [-0.2, 0) is 13.1 Å². The average molecular weight is 261 g/mol. The average Bonchev–Trinajstić information content (AvgIpc) is 2.67. The minimum absolute atomic E-state index is 0.186. The summed E-state index contributed by atoms with van der Waals surface area (Å²) in [5.41, 5.74) is 1.62. The lowest BCUT2D eigenvalue weighted by Gasteiger charge is -2.12. The molecule has 0 amide bonds. The van der Waals surface area contributed by atoms with Crippen LogP contribution in [0.1, 0.15) is 25.1 Å². The van der Waals surface area contributed by atoms with Gasteiger partial charge in [0.05, 0.1) is 5.69 Å². The van der Waals surface area contributed by atoms with E-state index in [1.807, 2.05) is 19.2 Å². The third kappa shape index (κ3) is 3.56. The molecule has 0 atom stereocenters. The van der Waals surface area contributed by atoms with Crippen LogP contribution in [0, 0.1) is 18.7 Å². The summed E-state index contributed by atoms with van der Waals surface area (Å²) >= 11 is 0. The molecule has 4 heteroatoms. The Morgan fingerprint density at radius 1 is 1.32 bits per heavy atom. The summed E-state index contributed by atoms with van der Waals surface area (Å²) in [5.74, 6) is 1.16. The molecule has 0 spiro atoms. The van der Waals surface area contributed by atoms with Crippen LogP contribution in [0.5, 0.6) is 0 Å². The van der Waals surface area contributed by atoms with Gasteiger partial charge in [-0.1, -0.05) is 32.0 Å². The second-order valence-electron chi connectivity index (χ2n) is 5.20. The van der Waals surface area contributed by atoms with Gasteiger partial charge in [-0.15, -0.1) is 0 Å². The van der Waals surface area contributed by atoms with Crippen molar-refractivity contribution in [3.63, 3.8) is 0 Å². The maximum atomic E-state index is 13.5. The second-order valence-corrected chi connectivity index (χ2v) is 5.20. The molecule has 0 unspecified atom stereocenters. The largest absolute Gasteiger partial charge is 0.351 e. The highest BCUT2D eigenvalue weighted by Crippen LogP contribution is 2.14. The van der Waals surface area contributed by atoms with E-state index in [2.05, 4.69) is 28.7 Å². The predicted molar refractivity (Wildman–Crippen MR) is 75.5 cm³/mol. The molecule has 0 aliphatic heterocycles. The number of aryl methyl sites for hydroxylation is 1. The first-order valence-corrected chi connectivity index (χ1v) is 6.57. The van der Waals surface area contributed by atoms with E-state index in [9.17, 15) is 4.39 Å². The SMILES string of the molecule is Cc1cn(CC(C)C)c(NCc2ccccc2F)n1. The van der Waals surface area contributed by atoms with Crippen LogP contribution in [0.15, 0.2) is 30.5 Å². The number of anilines is 1. The summed E-state index contributed by atoms with van der Waals surface area (Å²) < 4.78 is 15.6. The monoisotopic (exact) mass is 261 g/mol. The highest BCUT2D eigenvalue weighted by atomic mass is 19.1. The van der Waals surface area contributed by atoms with Gasteiger partial charge in [0.25, 0.3) is 0 Å². The molecule has 0 radical (unpaired) electrons. The number of hydrogen-bond donors (Lipinski definition) is 1. The van der Waals surface area contributed by atoms with Gasteiger partial charge in [-0.2, -0.15) is 0 Å². The maximum absolute atomic E-state index is 13.5. The zero-order chi connectivity index (χ0) is 13.8. The van der Waals surface area contributed by atoms with Crippen molar-refractivity contribution in [1.82, 2.24) is 9.55 Å². The van der Waals surface area contributed by atoms with E-state index in [1.165, 1.54) is 6.07 Å². The third-order valence-electron chi connectivity index (χ3n) is 2.85. The van der Waals surface area contributed by atoms with Crippen LogP contribution in [-0.4, -0.2) is 9.55 Å². The Balaban J connectivity index is 2.09. The van der Waals surface area contributed by atoms with Gasteiger partial charge in [0.15, 0.2) is 0 Å². The lowest BCUT2D eigenvalue weighted by Crippen LogP contribution is -2.10. The van der Waals surface area contributed by atoms with Crippen LogP contribution in [0.3, 0.4) is 0 Å². The van der Waals surface area contributed by atoms with Gasteiger partial charge >= 0.3 is 0 Å². The Hall–Kier alpha value is -1.84. The van der Waals surface area contributed by atoms with E-state index in [1.54, 1.807) is 12.1 Å². The van der Waals surface area contributed by atoms with Crippen molar-refractivity contribution in [2.45, 2.75) is 33.9 Å². The molecule has 0 saturated heterocycles. The molecule has 1 heterocycles. The summed E-state index contributed by atoms with van der Waals surface area (Å²) in [5, 5.41) is 3.21. The van der Waals surface area contributed by atoms with Crippen molar-refractivity contribution in [1.29, 1.82) is 0 Å². The number of aromatic nitrogens is 2. The standard InChI is InChI=1S/C15H20FN3/c1-11(2)9-19-10-12(3)18-15(19)17-8-13-6-4-5-7-14(13)16/h4-7,10-11H,8-9H2,1-3H3,(H,17,18). The molecular formula is C15H20FN3. The fourth-order valence-corrected chi connectivity index (χ4v) is 2.04. The normalized spacial score (nSPS) is 11.0. The van der Waals surface area contributed by atoms with Gasteiger partial charge in [-0.05, 0) is 18.9 Å². The molecule has 19 heavy (non-hydrogen) atoms. The topological polar surface area (TPSA) is 29.9 Å². The van der Waals surface area contributed by atoms with E-state index in [0.717, 1.165) is 18.2 Å². The van der Waals surface area contributed by atoms with Gasteiger partial charge in [0, 0.05) is 24.8 Å². The minimum Gasteiger partial charge on any atom is -0.351 e. The molecule has 0 aliphatic carbocycles. The number of hydrogen-bond acceptors (Lipinski definition) is 2. The zero-order valence-electron chi connectivity index (χ0n) is 11.7. The zero-order valence-corrected chi connectivity index (χ0v) is 11.7. The van der Waals surface area contributed by atoms with E-state index in [0.29, 0.717) is 18.0 Å². The number of nitrogens with zero attached hydrogens (tertiary/aromatic N) is 2. The van der Waals surface area contributed by atoms with Crippen molar-refractivity contribution in [2.75, 3.05) is 5.32 Å². The first kappa shape index (κ1) is 13.6. The van der Waals surface area contributed by atoms with Crippen LogP contribution in [0.2, 0.25) is 0 Å². The lowest BCUT2D eigenvalue weighted by atomic mass is 10.2. The summed E-state index contributed by atoms with van der Waals surface area (Å²) in [7, 11) is 0. The van der Waals surface area contributed by atoms with E-state index in [4.69, 9.17) is 0 Å².